The van der Waals surface area contributed by atoms with E-state index in [1.807, 2.05) is 24.3 Å². The van der Waals surface area contributed by atoms with E-state index in [9.17, 15) is 14.0 Å². The standard InChI is InChI=1S/C21H19FN2O2/c22-16-7-5-14(6-8-16)17-9-10-23-11-19(17)24-12-15-3-1-2-4-18(15)21(24)20(26)13-25/h1-9,13,19,21,23H,10-12H2. The van der Waals surface area contributed by atoms with Crippen LogP contribution in [0.25, 0.3) is 5.57 Å². The summed E-state index contributed by atoms with van der Waals surface area (Å²) in [7, 11) is 0. The smallest absolute Gasteiger partial charge is 0.216 e. The molecule has 0 radical (unpaired) electrons. The molecule has 0 saturated heterocycles. The summed E-state index contributed by atoms with van der Waals surface area (Å²) in [6, 6.07) is 13.5. The lowest BCUT2D eigenvalue weighted by molar-refractivity contribution is -0.133. The Morgan fingerprint density at radius 2 is 1.92 bits per heavy atom. The second-order valence-electron chi connectivity index (χ2n) is 6.63. The van der Waals surface area contributed by atoms with Crippen LogP contribution in [0.3, 0.4) is 0 Å². The number of ketones is 1. The number of fused-ring (bicyclic) bond motifs is 1. The third kappa shape index (κ3) is 2.89. The van der Waals surface area contributed by atoms with Crippen molar-refractivity contribution >= 4 is 17.6 Å². The molecule has 0 aromatic heterocycles. The van der Waals surface area contributed by atoms with Crippen LogP contribution in [-0.2, 0) is 16.1 Å². The predicted octanol–water partition coefficient (Wildman–Crippen LogP) is 2.51. The minimum Gasteiger partial charge on any atom is -0.311 e. The lowest BCUT2D eigenvalue weighted by atomic mass is 9.93. The number of hydrogen-bond donors (Lipinski definition) is 1. The highest BCUT2D eigenvalue weighted by atomic mass is 19.1. The molecule has 2 aromatic carbocycles. The molecular weight excluding hydrogens is 331 g/mol. The van der Waals surface area contributed by atoms with E-state index < -0.39 is 11.8 Å². The summed E-state index contributed by atoms with van der Waals surface area (Å²) in [6.45, 7) is 1.99. The van der Waals surface area contributed by atoms with Gasteiger partial charge in [-0.2, -0.15) is 0 Å². The molecule has 26 heavy (non-hydrogen) atoms. The van der Waals surface area contributed by atoms with Gasteiger partial charge in [0.25, 0.3) is 0 Å². The summed E-state index contributed by atoms with van der Waals surface area (Å²) in [5, 5.41) is 3.34. The van der Waals surface area contributed by atoms with E-state index in [0.717, 1.165) is 28.8 Å². The topological polar surface area (TPSA) is 49.4 Å². The van der Waals surface area contributed by atoms with Crippen LogP contribution in [0.15, 0.2) is 54.6 Å². The van der Waals surface area contributed by atoms with Gasteiger partial charge in [0.15, 0.2) is 6.29 Å². The first-order chi connectivity index (χ1) is 12.7. The number of aldehydes is 1. The van der Waals surface area contributed by atoms with Gasteiger partial charge in [-0.3, -0.25) is 14.5 Å². The van der Waals surface area contributed by atoms with Crippen LogP contribution in [-0.4, -0.2) is 36.1 Å². The minimum absolute atomic E-state index is 0.0736. The molecule has 2 atom stereocenters. The van der Waals surface area contributed by atoms with Gasteiger partial charge in [-0.05, 0) is 34.4 Å². The van der Waals surface area contributed by atoms with Crippen molar-refractivity contribution in [3.05, 3.63) is 77.1 Å². The van der Waals surface area contributed by atoms with Crippen LogP contribution in [0.1, 0.15) is 22.7 Å². The highest BCUT2D eigenvalue weighted by Crippen LogP contribution is 2.39. The van der Waals surface area contributed by atoms with Gasteiger partial charge in [-0.25, -0.2) is 4.39 Å². The fourth-order valence-electron chi connectivity index (χ4n) is 3.98. The zero-order valence-corrected chi connectivity index (χ0v) is 14.2. The van der Waals surface area contributed by atoms with E-state index >= 15 is 0 Å². The highest BCUT2D eigenvalue weighted by Gasteiger charge is 2.40. The number of nitrogens with zero attached hydrogens (tertiary/aromatic N) is 1. The number of benzene rings is 2. The Morgan fingerprint density at radius 1 is 1.15 bits per heavy atom. The number of rotatable bonds is 4. The van der Waals surface area contributed by atoms with Crippen LogP contribution in [0, 0.1) is 5.82 Å². The Bertz CT molecular complexity index is 876. The third-order valence-electron chi connectivity index (χ3n) is 5.16. The summed E-state index contributed by atoms with van der Waals surface area (Å²) in [4.78, 5) is 25.8. The molecule has 2 heterocycles. The van der Waals surface area contributed by atoms with Crippen LogP contribution in [0.2, 0.25) is 0 Å². The Hall–Kier alpha value is -2.63. The molecule has 2 aromatic rings. The number of halogens is 1. The van der Waals surface area contributed by atoms with Crippen molar-refractivity contribution in [2.45, 2.75) is 18.6 Å². The van der Waals surface area contributed by atoms with Crippen molar-refractivity contribution in [2.24, 2.45) is 0 Å². The van der Waals surface area contributed by atoms with Gasteiger partial charge in [0.2, 0.25) is 5.78 Å². The summed E-state index contributed by atoms with van der Waals surface area (Å²) in [5.74, 6) is -0.707. The molecule has 132 valence electrons. The third-order valence-corrected chi connectivity index (χ3v) is 5.16. The van der Waals surface area contributed by atoms with Crippen molar-refractivity contribution in [3.8, 4) is 0 Å². The fourth-order valence-corrected chi connectivity index (χ4v) is 3.98. The SMILES string of the molecule is O=CC(=O)C1c2ccccc2CN1C1CNCC=C1c1ccc(F)cc1. The molecule has 4 nitrogen and oxygen atoms in total. The van der Waals surface area contributed by atoms with E-state index in [-0.39, 0.29) is 11.9 Å². The van der Waals surface area contributed by atoms with Crippen LogP contribution in [0.5, 0.6) is 0 Å². The van der Waals surface area contributed by atoms with Crippen molar-refractivity contribution < 1.29 is 14.0 Å². The second kappa shape index (κ2) is 6.94. The molecule has 0 amide bonds. The van der Waals surface area contributed by atoms with Crippen LogP contribution >= 0.6 is 0 Å². The molecule has 0 fully saturated rings. The molecule has 0 spiro atoms. The Balaban J connectivity index is 1.73. The number of Topliss-reactive ketones (excluding diaryl/α,β-unsaturated/α-hetero) is 1. The molecular formula is C21H19FN2O2. The van der Waals surface area contributed by atoms with Gasteiger partial charge in [0.1, 0.15) is 11.9 Å². The number of hydrogen-bond acceptors (Lipinski definition) is 4. The number of nitrogens with one attached hydrogen (secondary N) is 1. The Kier molecular flexibility index (Phi) is 4.49. The number of carbonyl (C=O) groups is 2. The number of carbonyl (C=O) groups excluding carboxylic acids is 2. The summed E-state index contributed by atoms with van der Waals surface area (Å²) in [6.07, 6.45) is 2.49. The summed E-state index contributed by atoms with van der Waals surface area (Å²) in [5.41, 5.74) is 3.96. The maximum absolute atomic E-state index is 13.3. The van der Waals surface area contributed by atoms with Gasteiger partial charge in [-0.1, -0.05) is 42.5 Å². The van der Waals surface area contributed by atoms with Gasteiger partial charge in [0.05, 0.1) is 0 Å². The average molecular weight is 350 g/mol. The normalized spacial score (nSPS) is 22.6. The molecule has 2 unspecified atom stereocenters. The monoisotopic (exact) mass is 350 g/mol. The van der Waals surface area contributed by atoms with Gasteiger partial charge in [0, 0.05) is 25.7 Å². The Morgan fingerprint density at radius 3 is 2.69 bits per heavy atom. The first-order valence-electron chi connectivity index (χ1n) is 8.68. The first-order valence-corrected chi connectivity index (χ1v) is 8.68. The maximum atomic E-state index is 13.3. The Labute approximate surface area is 151 Å². The highest BCUT2D eigenvalue weighted by molar-refractivity contribution is 6.27. The molecule has 0 aliphatic carbocycles. The molecule has 2 aliphatic heterocycles. The quantitative estimate of drug-likeness (QED) is 0.680. The largest absolute Gasteiger partial charge is 0.311 e. The van der Waals surface area contributed by atoms with Gasteiger partial charge >= 0.3 is 0 Å². The van der Waals surface area contributed by atoms with E-state index in [2.05, 4.69) is 16.3 Å². The fraction of sp³-hybridized carbons (Fsp3) is 0.238. The first kappa shape index (κ1) is 16.8. The molecule has 1 N–H and O–H groups in total. The zero-order chi connectivity index (χ0) is 18.1. The lowest BCUT2D eigenvalue weighted by Gasteiger charge is -2.36. The molecule has 2 aliphatic rings. The molecule has 4 rings (SSSR count). The van der Waals surface area contributed by atoms with Crippen molar-refractivity contribution in [1.29, 1.82) is 0 Å². The molecule has 5 heteroatoms. The van der Waals surface area contributed by atoms with E-state index in [1.54, 1.807) is 12.1 Å². The van der Waals surface area contributed by atoms with Crippen LogP contribution < -0.4 is 5.32 Å². The van der Waals surface area contributed by atoms with Gasteiger partial charge in [-0.15, -0.1) is 0 Å². The maximum Gasteiger partial charge on any atom is 0.216 e. The predicted molar refractivity (Wildman–Crippen MR) is 96.8 cm³/mol. The molecule has 0 bridgehead atoms. The molecule has 0 saturated carbocycles. The van der Waals surface area contributed by atoms with E-state index in [4.69, 9.17) is 0 Å². The lowest BCUT2D eigenvalue weighted by Crippen LogP contribution is -2.46. The van der Waals surface area contributed by atoms with Crippen molar-refractivity contribution in [1.82, 2.24) is 10.2 Å². The van der Waals surface area contributed by atoms with Crippen molar-refractivity contribution in [3.63, 3.8) is 0 Å². The van der Waals surface area contributed by atoms with Crippen molar-refractivity contribution in [2.75, 3.05) is 13.1 Å². The average Bonchev–Trinajstić information content (AvgIpc) is 3.07. The summed E-state index contributed by atoms with van der Waals surface area (Å²) < 4.78 is 13.3. The van der Waals surface area contributed by atoms with Crippen LogP contribution in [0.4, 0.5) is 4.39 Å². The second-order valence-corrected chi connectivity index (χ2v) is 6.63. The summed E-state index contributed by atoms with van der Waals surface area (Å²) >= 11 is 0. The van der Waals surface area contributed by atoms with E-state index in [0.29, 0.717) is 19.4 Å². The minimum atomic E-state index is -0.572. The van der Waals surface area contributed by atoms with Gasteiger partial charge < -0.3 is 5.32 Å². The van der Waals surface area contributed by atoms with E-state index in [1.165, 1.54) is 12.1 Å². The zero-order valence-electron chi connectivity index (χ0n) is 14.2.